The lowest BCUT2D eigenvalue weighted by molar-refractivity contribution is -0.147. The molecule has 0 radical (unpaired) electrons. The molecular weight excluding hydrogens is 293 g/mol. The van der Waals surface area contributed by atoms with Gasteiger partial charge in [-0.1, -0.05) is 0 Å². The maximum atomic E-state index is 13.5. The molecule has 124 valence electrons. The molecule has 0 saturated heterocycles. The van der Waals surface area contributed by atoms with E-state index in [0.29, 0.717) is 11.3 Å². The lowest BCUT2D eigenvalue weighted by Crippen LogP contribution is -2.37. The van der Waals surface area contributed by atoms with Gasteiger partial charge in [-0.15, -0.1) is 0 Å². The van der Waals surface area contributed by atoms with E-state index in [0.717, 1.165) is 0 Å². The van der Waals surface area contributed by atoms with Gasteiger partial charge in [-0.25, -0.2) is 9.18 Å². The van der Waals surface area contributed by atoms with Crippen LogP contribution in [0.3, 0.4) is 0 Å². The lowest BCUT2D eigenvalue weighted by atomic mass is 10.1. The fraction of sp³-hybridized carbons (Fsp3) is 0.533. The number of carbonyl (C=O) groups is 1. The Bertz CT molecular complexity index is 479. The maximum Gasteiger partial charge on any atom is 0.327 e. The summed E-state index contributed by atoms with van der Waals surface area (Å²) >= 11 is 0. The number of rotatable bonds is 9. The highest BCUT2D eigenvalue weighted by Gasteiger charge is 2.26. The molecule has 22 heavy (non-hydrogen) atoms. The average Bonchev–Trinajstić information content (AvgIpc) is 2.52. The zero-order valence-corrected chi connectivity index (χ0v) is 13.2. The molecule has 0 fully saturated rings. The second-order valence-corrected chi connectivity index (χ2v) is 4.38. The summed E-state index contributed by atoms with van der Waals surface area (Å²) in [6.45, 7) is 2.13. The highest BCUT2D eigenvalue weighted by atomic mass is 19.1. The number of hydrogen-bond donors (Lipinski definition) is 1. The van der Waals surface area contributed by atoms with Crippen molar-refractivity contribution in [2.45, 2.75) is 19.3 Å². The second-order valence-electron chi connectivity index (χ2n) is 4.38. The molecule has 1 atom stereocenters. The van der Waals surface area contributed by atoms with E-state index in [9.17, 15) is 9.18 Å². The van der Waals surface area contributed by atoms with Gasteiger partial charge in [-0.3, -0.25) is 5.32 Å². The van der Waals surface area contributed by atoms with Gasteiger partial charge in [0.15, 0.2) is 6.29 Å². The van der Waals surface area contributed by atoms with Crippen molar-refractivity contribution < 1.29 is 28.1 Å². The van der Waals surface area contributed by atoms with Gasteiger partial charge in [-0.05, 0) is 25.1 Å². The minimum absolute atomic E-state index is 0.215. The van der Waals surface area contributed by atoms with Crippen molar-refractivity contribution >= 4 is 5.97 Å². The number of halogens is 1. The van der Waals surface area contributed by atoms with Gasteiger partial charge in [0.05, 0.1) is 13.7 Å². The van der Waals surface area contributed by atoms with Crippen LogP contribution in [0.15, 0.2) is 18.2 Å². The molecule has 0 heterocycles. The third kappa shape index (κ3) is 4.94. The summed E-state index contributed by atoms with van der Waals surface area (Å²) in [5, 5.41) is 2.95. The molecule has 1 unspecified atom stereocenters. The molecule has 1 N–H and O–H groups in total. The Morgan fingerprint density at radius 1 is 1.27 bits per heavy atom. The number of carbonyl (C=O) groups excluding carboxylic acids is 1. The van der Waals surface area contributed by atoms with Gasteiger partial charge in [0, 0.05) is 26.3 Å². The lowest BCUT2D eigenvalue weighted by Gasteiger charge is -2.22. The summed E-state index contributed by atoms with van der Waals surface area (Å²) in [6.07, 6.45) is -0.545. The third-order valence-electron chi connectivity index (χ3n) is 3.04. The summed E-state index contributed by atoms with van der Waals surface area (Å²) in [5.41, 5.74) is 0.354. The first-order chi connectivity index (χ1) is 10.6. The zero-order valence-electron chi connectivity index (χ0n) is 13.2. The number of esters is 1. The summed E-state index contributed by atoms with van der Waals surface area (Å²) < 4.78 is 33.9. The normalized spacial score (nSPS) is 12.3. The van der Waals surface area contributed by atoms with Crippen molar-refractivity contribution in [3.8, 4) is 5.75 Å². The van der Waals surface area contributed by atoms with Gasteiger partial charge >= 0.3 is 5.97 Å². The van der Waals surface area contributed by atoms with E-state index in [1.807, 2.05) is 0 Å². The van der Waals surface area contributed by atoms with Gasteiger partial charge < -0.3 is 18.9 Å². The van der Waals surface area contributed by atoms with Crippen molar-refractivity contribution in [2.75, 3.05) is 34.5 Å². The maximum absolute atomic E-state index is 13.5. The van der Waals surface area contributed by atoms with E-state index < -0.39 is 24.1 Å². The van der Waals surface area contributed by atoms with Crippen LogP contribution in [-0.4, -0.2) is 46.7 Å². The molecule has 0 spiro atoms. The smallest absolute Gasteiger partial charge is 0.327 e. The largest absolute Gasteiger partial charge is 0.496 e. The monoisotopic (exact) mass is 315 g/mol. The van der Waals surface area contributed by atoms with E-state index in [1.165, 1.54) is 39.5 Å². The number of benzene rings is 1. The Morgan fingerprint density at radius 3 is 2.50 bits per heavy atom. The molecule has 0 aliphatic rings. The van der Waals surface area contributed by atoms with Crippen LogP contribution in [-0.2, 0) is 19.0 Å². The summed E-state index contributed by atoms with van der Waals surface area (Å²) in [4.78, 5) is 12.2. The van der Waals surface area contributed by atoms with E-state index in [2.05, 4.69) is 5.32 Å². The number of hydrogen-bond acceptors (Lipinski definition) is 6. The van der Waals surface area contributed by atoms with Crippen molar-refractivity contribution in [1.82, 2.24) is 5.32 Å². The molecular formula is C15H22FNO5. The Labute approximate surface area is 129 Å². The van der Waals surface area contributed by atoms with E-state index in [-0.39, 0.29) is 13.2 Å². The highest BCUT2D eigenvalue weighted by Crippen LogP contribution is 2.27. The van der Waals surface area contributed by atoms with E-state index >= 15 is 0 Å². The summed E-state index contributed by atoms with van der Waals surface area (Å²) in [5.74, 6) is -0.613. The molecule has 0 aliphatic heterocycles. The average molecular weight is 315 g/mol. The van der Waals surface area contributed by atoms with Crippen molar-refractivity contribution in [3.63, 3.8) is 0 Å². The topological polar surface area (TPSA) is 66.0 Å². The molecule has 7 heteroatoms. The van der Waals surface area contributed by atoms with Crippen LogP contribution in [0.1, 0.15) is 18.5 Å². The Morgan fingerprint density at radius 2 is 1.95 bits per heavy atom. The predicted molar refractivity (Wildman–Crippen MR) is 78.1 cm³/mol. The fourth-order valence-electron chi connectivity index (χ4n) is 1.95. The molecule has 0 aliphatic carbocycles. The standard InChI is InChI=1S/C15H22FNO5/c1-5-22-15(18)14(17-9-13(20-3)21-4)11-8-10(16)6-7-12(11)19-2/h6-8,13-14,17H,5,9H2,1-4H3. The first-order valence-electron chi connectivity index (χ1n) is 6.86. The van der Waals surface area contributed by atoms with Crippen LogP contribution in [0.2, 0.25) is 0 Å². The number of methoxy groups -OCH3 is 3. The van der Waals surface area contributed by atoms with Gasteiger partial charge in [0.2, 0.25) is 0 Å². The highest BCUT2D eigenvalue weighted by molar-refractivity contribution is 5.78. The van der Waals surface area contributed by atoms with E-state index in [4.69, 9.17) is 18.9 Å². The minimum Gasteiger partial charge on any atom is -0.496 e. The van der Waals surface area contributed by atoms with Crippen LogP contribution in [0, 0.1) is 5.82 Å². The summed E-state index contributed by atoms with van der Waals surface area (Å²) in [7, 11) is 4.42. The van der Waals surface area contributed by atoms with Crippen molar-refractivity contribution in [3.05, 3.63) is 29.6 Å². The molecule has 1 aromatic carbocycles. The van der Waals surface area contributed by atoms with Gasteiger partial charge in [-0.2, -0.15) is 0 Å². The molecule has 0 aromatic heterocycles. The SMILES string of the molecule is CCOC(=O)C(NCC(OC)OC)c1cc(F)ccc1OC. The first-order valence-corrected chi connectivity index (χ1v) is 6.86. The molecule has 0 bridgehead atoms. The van der Waals surface area contributed by atoms with Crippen LogP contribution >= 0.6 is 0 Å². The summed E-state index contributed by atoms with van der Waals surface area (Å²) in [6, 6.07) is 3.07. The molecule has 1 aromatic rings. The Hall–Kier alpha value is -1.70. The number of ether oxygens (including phenoxy) is 4. The molecule has 6 nitrogen and oxygen atoms in total. The van der Waals surface area contributed by atoms with Gasteiger partial charge in [0.25, 0.3) is 0 Å². The minimum atomic E-state index is -0.890. The van der Waals surface area contributed by atoms with Crippen molar-refractivity contribution in [1.29, 1.82) is 0 Å². The second kappa shape index (κ2) is 9.34. The van der Waals surface area contributed by atoms with E-state index in [1.54, 1.807) is 6.92 Å². The predicted octanol–water partition coefficient (Wildman–Crippen LogP) is 1.65. The Balaban J connectivity index is 3.04. The molecule has 0 amide bonds. The third-order valence-corrected chi connectivity index (χ3v) is 3.04. The van der Waals surface area contributed by atoms with Gasteiger partial charge in [0.1, 0.15) is 17.6 Å². The van der Waals surface area contributed by atoms with Crippen molar-refractivity contribution in [2.24, 2.45) is 0 Å². The number of nitrogens with one attached hydrogen (secondary N) is 1. The zero-order chi connectivity index (χ0) is 16.5. The molecule has 0 saturated carbocycles. The quantitative estimate of drug-likeness (QED) is 0.552. The van der Waals surface area contributed by atoms with Crippen LogP contribution in [0.25, 0.3) is 0 Å². The van der Waals surface area contributed by atoms with Crippen LogP contribution in [0.5, 0.6) is 5.75 Å². The Kier molecular flexibility index (Phi) is 7.79. The van der Waals surface area contributed by atoms with Crippen LogP contribution in [0.4, 0.5) is 4.39 Å². The molecule has 1 rings (SSSR count). The van der Waals surface area contributed by atoms with Crippen LogP contribution < -0.4 is 10.1 Å². The first kappa shape index (κ1) is 18.3. The fourth-order valence-corrected chi connectivity index (χ4v) is 1.95.